The zero-order chi connectivity index (χ0) is 18.8. The fourth-order valence-corrected chi connectivity index (χ4v) is 3.14. The Bertz CT molecular complexity index is 954. The molecule has 0 saturated heterocycles. The molecule has 2 aromatic rings. The molecule has 3 heterocycles. The van der Waals surface area contributed by atoms with Gasteiger partial charge in [0.15, 0.2) is 0 Å². The molecular weight excluding hydrogens is 330 g/mol. The molecule has 0 amide bonds. The number of hydrogen-bond donors (Lipinski definition) is 1. The van der Waals surface area contributed by atoms with E-state index in [0.717, 1.165) is 17.8 Å². The first-order valence-electron chi connectivity index (χ1n) is 8.30. The molecule has 3 rings (SSSR count). The maximum Gasteiger partial charge on any atom is 0.258 e. The summed E-state index contributed by atoms with van der Waals surface area (Å²) in [7, 11) is 3.91. The highest BCUT2D eigenvalue weighted by molar-refractivity contribution is 5.54. The lowest BCUT2D eigenvalue weighted by atomic mass is 9.85. The molecule has 134 valence electrons. The zero-order valence-corrected chi connectivity index (χ0v) is 15.1. The van der Waals surface area contributed by atoms with Gasteiger partial charge in [0.2, 0.25) is 5.88 Å². The van der Waals surface area contributed by atoms with Crippen molar-refractivity contribution in [3.63, 3.8) is 0 Å². The zero-order valence-electron chi connectivity index (χ0n) is 15.1. The van der Waals surface area contributed by atoms with Crippen LogP contribution in [0, 0.1) is 18.3 Å². The molecule has 2 N–H and O–H groups in total. The van der Waals surface area contributed by atoms with E-state index < -0.39 is 5.92 Å². The van der Waals surface area contributed by atoms with Gasteiger partial charge in [-0.15, -0.1) is 0 Å². The van der Waals surface area contributed by atoms with Crippen LogP contribution in [0.25, 0.3) is 0 Å². The van der Waals surface area contributed by atoms with Gasteiger partial charge in [-0.3, -0.25) is 9.78 Å². The van der Waals surface area contributed by atoms with Gasteiger partial charge in [0.1, 0.15) is 17.4 Å². The highest BCUT2D eigenvalue weighted by atomic mass is 16.5. The van der Waals surface area contributed by atoms with Gasteiger partial charge in [0.25, 0.3) is 5.56 Å². The first kappa shape index (κ1) is 17.7. The second-order valence-electron chi connectivity index (χ2n) is 6.53. The summed E-state index contributed by atoms with van der Waals surface area (Å²) in [5.41, 5.74) is 7.97. The number of rotatable bonds is 4. The van der Waals surface area contributed by atoms with Crippen molar-refractivity contribution in [3.8, 4) is 11.8 Å². The van der Waals surface area contributed by atoms with Crippen molar-refractivity contribution in [1.29, 1.82) is 5.26 Å². The predicted molar refractivity (Wildman–Crippen MR) is 97.5 cm³/mol. The molecule has 0 saturated carbocycles. The van der Waals surface area contributed by atoms with E-state index in [9.17, 15) is 10.1 Å². The second-order valence-corrected chi connectivity index (χ2v) is 6.53. The molecule has 7 nitrogen and oxygen atoms in total. The molecule has 7 heteroatoms. The van der Waals surface area contributed by atoms with Crippen molar-refractivity contribution in [2.75, 3.05) is 20.6 Å². The average Bonchev–Trinajstić information content (AvgIpc) is 2.60. The van der Waals surface area contributed by atoms with Crippen LogP contribution in [0.15, 0.2) is 46.8 Å². The van der Waals surface area contributed by atoms with Gasteiger partial charge in [0, 0.05) is 37.2 Å². The van der Waals surface area contributed by atoms with E-state index in [1.807, 2.05) is 32.0 Å². The van der Waals surface area contributed by atoms with E-state index in [1.165, 1.54) is 0 Å². The Hall–Kier alpha value is -3.11. The van der Waals surface area contributed by atoms with E-state index in [1.54, 1.807) is 29.1 Å². The molecule has 0 unspecified atom stereocenters. The number of fused-ring (bicyclic) bond motifs is 1. The monoisotopic (exact) mass is 351 g/mol. The summed E-state index contributed by atoms with van der Waals surface area (Å²) in [5.74, 6) is -0.159. The summed E-state index contributed by atoms with van der Waals surface area (Å²) < 4.78 is 7.33. The van der Waals surface area contributed by atoms with Crippen molar-refractivity contribution in [2.24, 2.45) is 5.73 Å². The largest absolute Gasteiger partial charge is 0.440 e. The quantitative estimate of drug-likeness (QED) is 0.892. The summed E-state index contributed by atoms with van der Waals surface area (Å²) in [6.07, 6.45) is 3.29. The number of aromatic nitrogens is 2. The third-order valence-corrected chi connectivity index (χ3v) is 4.48. The van der Waals surface area contributed by atoms with Crippen molar-refractivity contribution < 1.29 is 4.74 Å². The summed E-state index contributed by atoms with van der Waals surface area (Å²) in [6, 6.07) is 7.51. The molecule has 0 radical (unpaired) electrons. The lowest BCUT2D eigenvalue weighted by Gasteiger charge is -2.27. The Labute approximate surface area is 151 Å². The lowest BCUT2D eigenvalue weighted by Crippen LogP contribution is -2.34. The maximum atomic E-state index is 13.3. The highest BCUT2D eigenvalue weighted by Crippen LogP contribution is 2.40. The topological polar surface area (TPSA) is 97.2 Å². The van der Waals surface area contributed by atoms with Crippen LogP contribution in [0.3, 0.4) is 0 Å². The first-order valence-corrected chi connectivity index (χ1v) is 8.30. The predicted octanol–water partition coefficient (Wildman–Crippen LogP) is 1.33. The van der Waals surface area contributed by atoms with E-state index in [4.69, 9.17) is 10.5 Å². The normalized spacial score (nSPS) is 16.2. The minimum absolute atomic E-state index is 0.0266. The molecule has 1 aliphatic heterocycles. The molecule has 0 aromatic carbocycles. The molecule has 0 spiro atoms. The highest BCUT2D eigenvalue weighted by Gasteiger charge is 2.34. The molecular formula is C19H21N5O2. The molecule has 0 aliphatic carbocycles. The number of allylic oxidation sites excluding steroid dienone is 1. The molecule has 2 aromatic heterocycles. The molecule has 1 atom stereocenters. The third-order valence-electron chi connectivity index (χ3n) is 4.48. The number of nitrogens with zero attached hydrogens (tertiary/aromatic N) is 4. The Morgan fingerprint density at radius 2 is 2.23 bits per heavy atom. The van der Waals surface area contributed by atoms with Crippen LogP contribution in [-0.4, -0.2) is 35.1 Å². The van der Waals surface area contributed by atoms with Gasteiger partial charge in [0.05, 0.1) is 11.5 Å². The number of ether oxygens (including phenoxy) is 1. The SMILES string of the molecule is Cc1cc2c(c(=O)n1CCN(C)C)[C@@H](c1cccnc1)C(C#N)=C(N)O2. The van der Waals surface area contributed by atoms with Crippen molar-refractivity contribution in [2.45, 2.75) is 19.4 Å². The molecule has 0 fully saturated rings. The smallest absolute Gasteiger partial charge is 0.258 e. The van der Waals surface area contributed by atoms with Gasteiger partial charge < -0.3 is 19.9 Å². The molecule has 1 aliphatic rings. The third kappa shape index (κ3) is 3.07. The maximum absolute atomic E-state index is 13.3. The number of likely N-dealkylation sites (N-methyl/N-ethyl adjacent to an activating group) is 1. The standard InChI is InChI=1S/C19H21N5O2/c1-12-9-15-17(19(25)24(12)8-7-23(2)3)16(13-5-4-6-22-11-13)14(10-20)18(21)26-15/h4-6,9,11,16H,7-8,21H2,1-3H3/t16-/m0/s1. The van der Waals surface area contributed by atoms with Gasteiger partial charge in [-0.25, -0.2) is 0 Å². The van der Waals surface area contributed by atoms with Gasteiger partial charge >= 0.3 is 0 Å². The minimum Gasteiger partial charge on any atom is -0.440 e. The Balaban J connectivity index is 2.22. The van der Waals surface area contributed by atoms with E-state index in [2.05, 4.69) is 11.1 Å². The van der Waals surface area contributed by atoms with Crippen LogP contribution in [0.5, 0.6) is 5.75 Å². The summed E-state index contributed by atoms with van der Waals surface area (Å²) in [6.45, 7) is 3.13. The van der Waals surface area contributed by atoms with Gasteiger partial charge in [-0.2, -0.15) is 5.26 Å². The second kappa shape index (κ2) is 7.02. The molecule has 0 bridgehead atoms. The fraction of sp³-hybridized carbons (Fsp3) is 0.316. The first-order chi connectivity index (χ1) is 12.4. The molecule has 26 heavy (non-hydrogen) atoms. The van der Waals surface area contributed by atoms with Gasteiger partial charge in [-0.05, 0) is 32.6 Å². The average molecular weight is 351 g/mol. The Morgan fingerprint density at radius 3 is 2.85 bits per heavy atom. The van der Waals surface area contributed by atoms with Crippen molar-refractivity contribution >= 4 is 0 Å². The lowest BCUT2D eigenvalue weighted by molar-refractivity contribution is 0.369. The van der Waals surface area contributed by atoms with Crippen molar-refractivity contribution in [1.82, 2.24) is 14.5 Å². The van der Waals surface area contributed by atoms with Gasteiger partial charge in [-0.1, -0.05) is 6.07 Å². The van der Waals surface area contributed by atoms with E-state index in [0.29, 0.717) is 17.9 Å². The van der Waals surface area contributed by atoms with Crippen molar-refractivity contribution in [3.05, 3.63) is 69.2 Å². The summed E-state index contributed by atoms with van der Waals surface area (Å²) in [4.78, 5) is 19.4. The summed E-state index contributed by atoms with van der Waals surface area (Å²) >= 11 is 0. The van der Waals surface area contributed by atoms with Crippen LogP contribution in [0.2, 0.25) is 0 Å². The van der Waals surface area contributed by atoms with Crippen LogP contribution in [0.4, 0.5) is 0 Å². The number of nitriles is 1. The van der Waals surface area contributed by atoms with Crippen LogP contribution >= 0.6 is 0 Å². The Kier molecular flexibility index (Phi) is 4.78. The Morgan fingerprint density at radius 1 is 1.46 bits per heavy atom. The minimum atomic E-state index is -0.587. The number of aryl methyl sites for hydroxylation is 1. The summed E-state index contributed by atoms with van der Waals surface area (Å²) in [5, 5.41) is 9.61. The number of nitrogens with two attached hydrogens (primary N) is 1. The fourth-order valence-electron chi connectivity index (χ4n) is 3.14. The van der Waals surface area contributed by atoms with E-state index >= 15 is 0 Å². The van der Waals surface area contributed by atoms with Crippen LogP contribution in [-0.2, 0) is 6.54 Å². The van der Waals surface area contributed by atoms with E-state index in [-0.39, 0.29) is 17.0 Å². The van der Waals surface area contributed by atoms with Crippen LogP contribution < -0.4 is 16.0 Å². The number of hydrogen-bond acceptors (Lipinski definition) is 6. The van der Waals surface area contributed by atoms with Crippen LogP contribution in [0.1, 0.15) is 22.7 Å². The number of pyridine rings is 2.